The summed E-state index contributed by atoms with van der Waals surface area (Å²) in [6.45, 7) is 4.23. The van der Waals surface area contributed by atoms with Crippen LogP contribution < -0.4 is 14.8 Å². The molecule has 1 saturated carbocycles. The number of nitrogens with one attached hydrogen (secondary N) is 1. The molecular formula is C20H28N2O4. The van der Waals surface area contributed by atoms with Crippen LogP contribution in [0.2, 0.25) is 0 Å². The predicted octanol–water partition coefficient (Wildman–Crippen LogP) is 3.12. The van der Waals surface area contributed by atoms with Gasteiger partial charge in [-0.25, -0.2) is 4.79 Å². The smallest absolute Gasteiger partial charge is 0.317 e. The lowest BCUT2D eigenvalue weighted by Crippen LogP contribution is -2.40. The minimum Gasteiger partial charge on any atom is -0.486 e. The zero-order chi connectivity index (χ0) is 17.8. The number of urea groups is 1. The molecule has 4 rings (SSSR count). The fourth-order valence-corrected chi connectivity index (χ4v) is 3.63. The number of likely N-dealkylation sites (tertiary alicyclic amines) is 1. The quantitative estimate of drug-likeness (QED) is 0.759. The maximum Gasteiger partial charge on any atom is 0.317 e. The Morgan fingerprint density at radius 1 is 1.19 bits per heavy atom. The summed E-state index contributed by atoms with van der Waals surface area (Å²) < 4.78 is 16.9. The Labute approximate surface area is 154 Å². The average molecular weight is 360 g/mol. The van der Waals surface area contributed by atoms with Crippen molar-refractivity contribution < 1.29 is 19.0 Å². The Kier molecular flexibility index (Phi) is 5.48. The maximum atomic E-state index is 12.6. The summed E-state index contributed by atoms with van der Waals surface area (Å²) in [6, 6.07) is 6.16. The van der Waals surface area contributed by atoms with Gasteiger partial charge in [0, 0.05) is 26.3 Å². The number of benzene rings is 1. The number of hydrogen-bond acceptors (Lipinski definition) is 4. The van der Waals surface area contributed by atoms with Crippen molar-refractivity contribution in [1.29, 1.82) is 0 Å². The van der Waals surface area contributed by atoms with Crippen LogP contribution in [0.4, 0.5) is 4.79 Å². The second kappa shape index (κ2) is 8.16. The Balaban J connectivity index is 1.27. The van der Waals surface area contributed by atoms with Crippen molar-refractivity contribution >= 4 is 6.03 Å². The number of carbonyl (C=O) groups excluding carboxylic acids is 1. The molecule has 0 spiro atoms. The van der Waals surface area contributed by atoms with Crippen molar-refractivity contribution in [3.63, 3.8) is 0 Å². The van der Waals surface area contributed by atoms with E-state index in [0.29, 0.717) is 19.8 Å². The molecule has 142 valence electrons. The van der Waals surface area contributed by atoms with Crippen LogP contribution in [0.1, 0.15) is 43.7 Å². The second-order valence-corrected chi connectivity index (χ2v) is 7.36. The van der Waals surface area contributed by atoms with Gasteiger partial charge in [0.05, 0.1) is 6.04 Å². The number of amides is 2. The summed E-state index contributed by atoms with van der Waals surface area (Å²) in [7, 11) is 0. The average Bonchev–Trinajstić information content (AvgIpc) is 3.37. The molecule has 6 heteroatoms. The summed E-state index contributed by atoms with van der Waals surface area (Å²) in [4.78, 5) is 14.5. The molecule has 0 radical (unpaired) electrons. The van der Waals surface area contributed by atoms with E-state index >= 15 is 0 Å². The molecule has 1 aromatic rings. The monoisotopic (exact) mass is 360 g/mol. The van der Waals surface area contributed by atoms with Gasteiger partial charge in [0.2, 0.25) is 0 Å². The first-order valence-electron chi connectivity index (χ1n) is 9.83. The summed E-state index contributed by atoms with van der Waals surface area (Å²) >= 11 is 0. The van der Waals surface area contributed by atoms with E-state index in [4.69, 9.17) is 14.2 Å². The highest BCUT2D eigenvalue weighted by Gasteiger charge is 2.30. The van der Waals surface area contributed by atoms with Gasteiger partial charge < -0.3 is 24.4 Å². The highest BCUT2D eigenvalue weighted by molar-refractivity contribution is 5.75. The summed E-state index contributed by atoms with van der Waals surface area (Å²) in [5.41, 5.74) is 1.12. The lowest BCUT2D eigenvalue weighted by Gasteiger charge is -2.27. The van der Waals surface area contributed by atoms with Gasteiger partial charge in [-0.05, 0) is 55.7 Å². The summed E-state index contributed by atoms with van der Waals surface area (Å²) in [5.74, 6) is 2.37. The number of hydrogen-bond donors (Lipinski definition) is 1. The van der Waals surface area contributed by atoms with Gasteiger partial charge in [0.15, 0.2) is 11.5 Å². The van der Waals surface area contributed by atoms with Gasteiger partial charge >= 0.3 is 6.03 Å². The van der Waals surface area contributed by atoms with Crippen LogP contribution in [-0.4, -0.2) is 50.4 Å². The van der Waals surface area contributed by atoms with E-state index in [1.165, 1.54) is 12.8 Å². The van der Waals surface area contributed by atoms with Crippen LogP contribution >= 0.6 is 0 Å². The fraction of sp³-hybridized carbons (Fsp3) is 0.650. The van der Waals surface area contributed by atoms with Gasteiger partial charge in [-0.1, -0.05) is 6.07 Å². The SMILES string of the molecule is O=C(NCCCOCC1CC1)N1CCCC1c1ccc2c(c1)OCCO2. The maximum absolute atomic E-state index is 12.6. The molecule has 2 heterocycles. The lowest BCUT2D eigenvalue weighted by molar-refractivity contribution is 0.121. The van der Waals surface area contributed by atoms with Crippen LogP contribution in [0.25, 0.3) is 0 Å². The Morgan fingerprint density at radius 3 is 2.88 bits per heavy atom. The van der Waals surface area contributed by atoms with Gasteiger partial charge in [0.25, 0.3) is 0 Å². The van der Waals surface area contributed by atoms with E-state index in [1.54, 1.807) is 0 Å². The molecule has 0 aromatic heterocycles. The minimum atomic E-state index is 0.0181. The highest BCUT2D eigenvalue weighted by Crippen LogP contribution is 2.38. The van der Waals surface area contributed by atoms with Crippen LogP contribution in [0.15, 0.2) is 18.2 Å². The van der Waals surface area contributed by atoms with E-state index in [9.17, 15) is 4.79 Å². The van der Waals surface area contributed by atoms with Crippen LogP contribution in [-0.2, 0) is 4.74 Å². The highest BCUT2D eigenvalue weighted by atomic mass is 16.6. The molecular weight excluding hydrogens is 332 g/mol. The van der Waals surface area contributed by atoms with Gasteiger partial charge in [-0.3, -0.25) is 0 Å². The second-order valence-electron chi connectivity index (χ2n) is 7.36. The van der Waals surface area contributed by atoms with E-state index in [-0.39, 0.29) is 12.1 Å². The predicted molar refractivity (Wildman–Crippen MR) is 97.7 cm³/mol. The number of ether oxygens (including phenoxy) is 3. The molecule has 1 atom stereocenters. The molecule has 2 fully saturated rings. The molecule has 0 bridgehead atoms. The van der Waals surface area contributed by atoms with Crippen molar-refractivity contribution in [3.05, 3.63) is 23.8 Å². The number of carbonyl (C=O) groups is 1. The molecule has 1 N–H and O–H groups in total. The molecule has 3 aliphatic rings. The molecule has 26 heavy (non-hydrogen) atoms. The van der Waals surface area contributed by atoms with E-state index in [2.05, 4.69) is 11.4 Å². The van der Waals surface area contributed by atoms with Crippen LogP contribution in [0, 0.1) is 5.92 Å². The molecule has 2 amide bonds. The standard InChI is InChI=1S/C20H28N2O4/c23-20(21-8-2-10-24-14-15-4-5-15)22-9-1-3-17(22)16-6-7-18-19(13-16)26-12-11-25-18/h6-7,13,15,17H,1-5,8-12,14H2,(H,21,23). The first-order valence-corrected chi connectivity index (χ1v) is 9.83. The zero-order valence-electron chi connectivity index (χ0n) is 15.2. The van der Waals surface area contributed by atoms with E-state index in [1.807, 2.05) is 17.0 Å². The summed E-state index contributed by atoms with van der Waals surface area (Å²) in [5, 5.41) is 3.04. The van der Waals surface area contributed by atoms with Crippen LogP contribution in [0.5, 0.6) is 11.5 Å². The van der Waals surface area contributed by atoms with E-state index in [0.717, 1.165) is 62.0 Å². The molecule has 1 aliphatic carbocycles. The molecule has 6 nitrogen and oxygen atoms in total. The normalized spacial score (nSPS) is 21.7. The van der Waals surface area contributed by atoms with Crippen molar-refractivity contribution in [2.75, 3.05) is 39.5 Å². The molecule has 1 unspecified atom stereocenters. The van der Waals surface area contributed by atoms with Crippen molar-refractivity contribution in [1.82, 2.24) is 10.2 Å². The third-order valence-electron chi connectivity index (χ3n) is 5.26. The van der Waals surface area contributed by atoms with Crippen molar-refractivity contribution in [2.24, 2.45) is 5.92 Å². The van der Waals surface area contributed by atoms with Gasteiger partial charge in [-0.2, -0.15) is 0 Å². The Bertz CT molecular complexity index is 632. The third kappa shape index (κ3) is 4.23. The van der Waals surface area contributed by atoms with Crippen LogP contribution in [0.3, 0.4) is 0 Å². The number of fused-ring (bicyclic) bond motifs is 1. The largest absolute Gasteiger partial charge is 0.486 e. The molecule has 2 aliphatic heterocycles. The Morgan fingerprint density at radius 2 is 2.04 bits per heavy atom. The molecule has 1 aromatic carbocycles. The van der Waals surface area contributed by atoms with Crippen molar-refractivity contribution in [3.8, 4) is 11.5 Å². The zero-order valence-corrected chi connectivity index (χ0v) is 15.2. The Hall–Kier alpha value is -1.95. The third-order valence-corrected chi connectivity index (χ3v) is 5.26. The fourth-order valence-electron chi connectivity index (χ4n) is 3.63. The minimum absolute atomic E-state index is 0.0181. The number of rotatable bonds is 7. The first kappa shape index (κ1) is 17.5. The summed E-state index contributed by atoms with van der Waals surface area (Å²) in [6.07, 6.45) is 5.50. The topological polar surface area (TPSA) is 60.0 Å². The van der Waals surface area contributed by atoms with Gasteiger partial charge in [-0.15, -0.1) is 0 Å². The van der Waals surface area contributed by atoms with E-state index < -0.39 is 0 Å². The van der Waals surface area contributed by atoms with Gasteiger partial charge in [0.1, 0.15) is 13.2 Å². The lowest BCUT2D eigenvalue weighted by atomic mass is 10.0. The first-order chi connectivity index (χ1) is 12.8. The van der Waals surface area contributed by atoms with Crippen molar-refractivity contribution in [2.45, 2.75) is 38.1 Å². The number of nitrogens with zero attached hydrogens (tertiary/aromatic N) is 1. The molecule has 1 saturated heterocycles.